The zero-order valence-electron chi connectivity index (χ0n) is 10.8. The number of alkyl halides is 1. The van der Waals surface area contributed by atoms with Crippen LogP contribution in [-0.2, 0) is 13.0 Å². The second kappa shape index (κ2) is 6.65. The SMILES string of the molecule is O=[N+]([O-])c1ccc(OCc2ccccc2)c(CCF)c1. The number of benzene rings is 2. The van der Waals surface area contributed by atoms with E-state index in [0.29, 0.717) is 17.9 Å². The number of non-ortho nitro benzene ring substituents is 1. The third-order valence-corrected chi connectivity index (χ3v) is 2.86. The zero-order valence-corrected chi connectivity index (χ0v) is 10.8. The fraction of sp³-hybridized carbons (Fsp3) is 0.200. The molecule has 0 N–H and O–H groups in total. The Morgan fingerprint density at radius 1 is 1.15 bits per heavy atom. The lowest BCUT2D eigenvalue weighted by Gasteiger charge is -2.10. The van der Waals surface area contributed by atoms with Crippen LogP contribution in [0.4, 0.5) is 10.1 Å². The zero-order chi connectivity index (χ0) is 14.4. The first kappa shape index (κ1) is 14.0. The molecule has 0 heterocycles. The Morgan fingerprint density at radius 3 is 2.55 bits per heavy atom. The first-order valence-electron chi connectivity index (χ1n) is 6.20. The highest BCUT2D eigenvalue weighted by molar-refractivity contribution is 5.44. The normalized spacial score (nSPS) is 10.2. The first-order valence-corrected chi connectivity index (χ1v) is 6.20. The maximum absolute atomic E-state index is 12.5. The topological polar surface area (TPSA) is 52.4 Å². The monoisotopic (exact) mass is 275 g/mol. The first-order chi connectivity index (χ1) is 9.70. The Labute approximate surface area is 116 Å². The summed E-state index contributed by atoms with van der Waals surface area (Å²) in [6.07, 6.45) is 0.103. The molecular formula is C15H14FNO3. The average molecular weight is 275 g/mol. The third-order valence-electron chi connectivity index (χ3n) is 2.86. The van der Waals surface area contributed by atoms with Crippen LogP contribution in [0.1, 0.15) is 11.1 Å². The molecule has 0 unspecified atom stereocenters. The number of hydrogen-bond acceptors (Lipinski definition) is 3. The van der Waals surface area contributed by atoms with Gasteiger partial charge in [-0.15, -0.1) is 0 Å². The molecule has 0 aliphatic rings. The van der Waals surface area contributed by atoms with E-state index in [1.165, 1.54) is 18.2 Å². The van der Waals surface area contributed by atoms with Crippen LogP contribution in [0.5, 0.6) is 5.75 Å². The number of nitro benzene ring substituents is 1. The van der Waals surface area contributed by atoms with Crippen LogP contribution in [0.15, 0.2) is 48.5 Å². The molecule has 0 aromatic heterocycles. The van der Waals surface area contributed by atoms with Gasteiger partial charge < -0.3 is 4.74 Å². The molecular weight excluding hydrogens is 261 g/mol. The minimum absolute atomic E-state index is 0.0551. The fourth-order valence-electron chi connectivity index (χ4n) is 1.85. The van der Waals surface area contributed by atoms with E-state index in [2.05, 4.69) is 0 Å². The summed E-state index contributed by atoms with van der Waals surface area (Å²) in [5.74, 6) is 0.483. The van der Waals surface area contributed by atoms with Crippen LogP contribution in [0.25, 0.3) is 0 Å². The van der Waals surface area contributed by atoms with Gasteiger partial charge in [0.15, 0.2) is 0 Å². The van der Waals surface area contributed by atoms with Gasteiger partial charge in [0.05, 0.1) is 11.6 Å². The molecule has 0 saturated heterocycles. The van der Waals surface area contributed by atoms with E-state index in [1.54, 1.807) is 0 Å². The Balaban J connectivity index is 2.16. The highest BCUT2D eigenvalue weighted by Gasteiger charge is 2.11. The molecule has 2 aromatic rings. The minimum Gasteiger partial charge on any atom is -0.489 e. The van der Waals surface area contributed by atoms with Crippen molar-refractivity contribution >= 4 is 5.69 Å². The number of nitro groups is 1. The molecule has 0 amide bonds. The van der Waals surface area contributed by atoms with Crippen molar-refractivity contribution in [2.45, 2.75) is 13.0 Å². The maximum Gasteiger partial charge on any atom is 0.269 e. The van der Waals surface area contributed by atoms with Gasteiger partial charge in [-0.1, -0.05) is 30.3 Å². The maximum atomic E-state index is 12.5. The summed E-state index contributed by atoms with van der Waals surface area (Å²) in [5, 5.41) is 10.7. The summed E-state index contributed by atoms with van der Waals surface area (Å²) in [6, 6.07) is 13.8. The van der Waals surface area contributed by atoms with Crippen LogP contribution in [0.2, 0.25) is 0 Å². The highest BCUT2D eigenvalue weighted by atomic mass is 19.1. The van der Waals surface area contributed by atoms with Gasteiger partial charge in [0, 0.05) is 24.1 Å². The van der Waals surface area contributed by atoms with E-state index < -0.39 is 11.6 Å². The van der Waals surface area contributed by atoms with Gasteiger partial charge in [-0.3, -0.25) is 14.5 Å². The van der Waals surface area contributed by atoms with Crippen molar-refractivity contribution < 1.29 is 14.1 Å². The average Bonchev–Trinajstić information content (AvgIpc) is 2.47. The van der Waals surface area contributed by atoms with Crippen molar-refractivity contribution in [3.8, 4) is 5.75 Å². The van der Waals surface area contributed by atoms with Crippen LogP contribution < -0.4 is 4.74 Å². The molecule has 0 aliphatic heterocycles. The minimum atomic E-state index is -0.580. The van der Waals surface area contributed by atoms with Gasteiger partial charge in [0.1, 0.15) is 12.4 Å². The van der Waals surface area contributed by atoms with Crippen molar-refractivity contribution in [2.24, 2.45) is 0 Å². The molecule has 0 aliphatic carbocycles. The van der Waals surface area contributed by atoms with Crippen LogP contribution >= 0.6 is 0 Å². The standard InChI is InChI=1S/C15H14FNO3/c16-9-8-13-10-14(17(18)19)6-7-15(13)20-11-12-4-2-1-3-5-12/h1-7,10H,8-9,11H2. The second-order valence-corrected chi connectivity index (χ2v) is 4.26. The van der Waals surface area contributed by atoms with E-state index in [1.807, 2.05) is 30.3 Å². The largest absolute Gasteiger partial charge is 0.489 e. The molecule has 0 radical (unpaired) electrons. The van der Waals surface area contributed by atoms with Crippen molar-refractivity contribution in [1.29, 1.82) is 0 Å². The molecule has 20 heavy (non-hydrogen) atoms. The number of aryl methyl sites for hydroxylation is 1. The smallest absolute Gasteiger partial charge is 0.269 e. The molecule has 0 saturated carbocycles. The summed E-state index contributed by atoms with van der Waals surface area (Å²) >= 11 is 0. The molecule has 0 atom stereocenters. The van der Waals surface area contributed by atoms with Crippen LogP contribution in [0.3, 0.4) is 0 Å². The van der Waals surface area contributed by atoms with Gasteiger partial charge in [-0.05, 0) is 11.6 Å². The van der Waals surface area contributed by atoms with Gasteiger partial charge >= 0.3 is 0 Å². The Hall–Kier alpha value is -2.43. The van der Waals surface area contributed by atoms with Crippen molar-refractivity contribution in [3.63, 3.8) is 0 Å². The quantitative estimate of drug-likeness (QED) is 0.596. The number of halogens is 1. The molecule has 0 spiro atoms. The van der Waals surface area contributed by atoms with Gasteiger partial charge in [-0.25, -0.2) is 0 Å². The predicted octanol–water partition coefficient (Wildman–Crippen LogP) is 3.69. The van der Waals surface area contributed by atoms with E-state index in [-0.39, 0.29) is 12.1 Å². The van der Waals surface area contributed by atoms with Gasteiger partial charge in [-0.2, -0.15) is 0 Å². The van der Waals surface area contributed by atoms with E-state index in [0.717, 1.165) is 5.56 Å². The van der Waals surface area contributed by atoms with Gasteiger partial charge in [0.2, 0.25) is 0 Å². The van der Waals surface area contributed by atoms with Crippen LogP contribution in [-0.4, -0.2) is 11.6 Å². The summed E-state index contributed by atoms with van der Waals surface area (Å²) in [6.45, 7) is -0.235. The number of nitrogens with zero attached hydrogens (tertiary/aromatic N) is 1. The lowest BCUT2D eigenvalue weighted by molar-refractivity contribution is -0.384. The molecule has 0 bridgehead atoms. The summed E-state index contributed by atoms with van der Waals surface area (Å²) < 4.78 is 18.2. The van der Waals surface area contributed by atoms with Gasteiger partial charge in [0.25, 0.3) is 5.69 Å². The number of ether oxygens (including phenoxy) is 1. The van der Waals surface area contributed by atoms with E-state index in [4.69, 9.17) is 4.74 Å². The summed E-state index contributed by atoms with van der Waals surface area (Å²) in [4.78, 5) is 10.2. The summed E-state index contributed by atoms with van der Waals surface area (Å²) in [7, 11) is 0. The van der Waals surface area contributed by atoms with Crippen molar-refractivity contribution in [2.75, 3.05) is 6.67 Å². The molecule has 104 valence electrons. The van der Waals surface area contributed by atoms with E-state index in [9.17, 15) is 14.5 Å². The second-order valence-electron chi connectivity index (χ2n) is 4.26. The summed E-state index contributed by atoms with van der Waals surface area (Å²) in [5.41, 5.74) is 1.44. The molecule has 5 heteroatoms. The molecule has 2 aromatic carbocycles. The van der Waals surface area contributed by atoms with Crippen molar-refractivity contribution in [3.05, 3.63) is 69.8 Å². The Bertz CT molecular complexity index is 587. The molecule has 2 rings (SSSR count). The fourth-order valence-corrected chi connectivity index (χ4v) is 1.85. The Kier molecular flexibility index (Phi) is 4.65. The highest BCUT2D eigenvalue weighted by Crippen LogP contribution is 2.25. The van der Waals surface area contributed by atoms with E-state index >= 15 is 0 Å². The Morgan fingerprint density at radius 2 is 1.90 bits per heavy atom. The number of hydrogen-bond donors (Lipinski definition) is 0. The third kappa shape index (κ3) is 3.54. The molecule has 0 fully saturated rings. The van der Waals surface area contributed by atoms with Crippen LogP contribution in [0, 0.1) is 10.1 Å². The van der Waals surface area contributed by atoms with Crippen molar-refractivity contribution in [1.82, 2.24) is 0 Å². The lowest BCUT2D eigenvalue weighted by atomic mass is 10.1. The lowest BCUT2D eigenvalue weighted by Crippen LogP contribution is -2.00. The predicted molar refractivity (Wildman–Crippen MR) is 73.5 cm³/mol. The molecule has 4 nitrogen and oxygen atoms in total. The number of rotatable bonds is 6.